The summed E-state index contributed by atoms with van der Waals surface area (Å²) in [5.41, 5.74) is 7.27. The van der Waals surface area contributed by atoms with Crippen molar-refractivity contribution in [1.82, 2.24) is 9.88 Å². The standard InChI is InChI=1S/C18H23N3O2S.2ClH/c1-3-23-15-6-4-14(5-7-15)17-20-16(11-24-17)18(22)21-10-13(9-19)8-12(21)2;;/h4-7,11-13H,3,8-10,19H2,1-2H3;2*1H. The van der Waals surface area contributed by atoms with E-state index in [0.29, 0.717) is 24.8 Å². The highest BCUT2D eigenvalue weighted by molar-refractivity contribution is 7.13. The maximum absolute atomic E-state index is 12.7. The minimum atomic E-state index is 0. The molecule has 2 atom stereocenters. The van der Waals surface area contributed by atoms with Gasteiger partial charge in [0, 0.05) is 23.5 Å². The van der Waals surface area contributed by atoms with Crippen molar-refractivity contribution in [1.29, 1.82) is 0 Å². The Bertz CT molecular complexity index is 709. The van der Waals surface area contributed by atoms with Crippen LogP contribution in [0.3, 0.4) is 0 Å². The summed E-state index contributed by atoms with van der Waals surface area (Å²) in [6.45, 7) is 6.04. The van der Waals surface area contributed by atoms with Gasteiger partial charge in [0.15, 0.2) is 0 Å². The predicted molar refractivity (Wildman–Crippen MR) is 111 cm³/mol. The van der Waals surface area contributed by atoms with Gasteiger partial charge in [-0.1, -0.05) is 0 Å². The minimum absolute atomic E-state index is 0. The van der Waals surface area contributed by atoms with Gasteiger partial charge in [0.25, 0.3) is 5.91 Å². The summed E-state index contributed by atoms with van der Waals surface area (Å²) in [6.07, 6.45) is 0.970. The van der Waals surface area contributed by atoms with Crippen LogP contribution < -0.4 is 10.5 Å². The lowest BCUT2D eigenvalue weighted by molar-refractivity contribution is 0.0738. The third kappa shape index (κ3) is 4.88. The number of thiazole rings is 1. The fourth-order valence-electron chi connectivity index (χ4n) is 3.11. The first kappa shape index (κ1) is 22.7. The van der Waals surface area contributed by atoms with E-state index < -0.39 is 0 Å². The molecule has 3 rings (SSSR count). The Balaban J connectivity index is 0.00000169. The number of likely N-dealkylation sites (tertiary alicyclic amines) is 1. The highest BCUT2D eigenvalue weighted by atomic mass is 35.5. The molecule has 2 aromatic rings. The van der Waals surface area contributed by atoms with Crippen molar-refractivity contribution in [3.63, 3.8) is 0 Å². The summed E-state index contributed by atoms with van der Waals surface area (Å²) in [5.74, 6) is 1.24. The summed E-state index contributed by atoms with van der Waals surface area (Å²) >= 11 is 1.49. The number of hydrogen-bond donors (Lipinski definition) is 1. The van der Waals surface area contributed by atoms with Crippen molar-refractivity contribution in [3.8, 4) is 16.3 Å². The largest absolute Gasteiger partial charge is 0.494 e. The number of nitrogens with zero attached hydrogens (tertiary/aromatic N) is 2. The van der Waals surface area contributed by atoms with Crippen LogP contribution in [0.25, 0.3) is 10.6 Å². The fraction of sp³-hybridized carbons (Fsp3) is 0.444. The monoisotopic (exact) mass is 417 g/mol. The Kier molecular flexibility index (Phi) is 8.83. The van der Waals surface area contributed by atoms with E-state index in [2.05, 4.69) is 11.9 Å². The number of carbonyl (C=O) groups is 1. The Morgan fingerprint density at radius 3 is 2.62 bits per heavy atom. The third-order valence-electron chi connectivity index (χ3n) is 4.39. The first-order valence-corrected chi connectivity index (χ1v) is 9.20. The molecule has 1 saturated heterocycles. The molecule has 26 heavy (non-hydrogen) atoms. The van der Waals surface area contributed by atoms with Crippen LogP contribution in [0.5, 0.6) is 5.75 Å². The van der Waals surface area contributed by atoms with Gasteiger partial charge in [0.2, 0.25) is 0 Å². The molecule has 0 spiro atoms. The van der Waals surface area contributed by atoms with Crippen LogP contribution in [0.4, 0.5) is 0 Å². The maximum atomic E-state index is 12.7. The smallest absolute Gasteiger partial charge is 0.273 e. The Labute approximate surface area is 170 Å². The van der Waals surface area contributed by atoms with Crippen molar-refractivity contribution in [2.45, 2.75) is 26.3 Å². The highest BCUT2D eigenvalue weighted by Gasteiger charge is 2.33. The number of aromatic nitrogens is 1. The third-order valence-corrected chi connectivity index (χ3v) is 5.28. The number of benzene rings is 1. The molecule has 1 aliphatic heterocycles. The number of nitrogens with two attached hydrogens (primary N) is 1. The number of amides is 1. The maximum Gasteiger partial charge on any atom is 0.273 e. The van der Waals surface area contributed by atoms with E-state index in [-0.39, 0.29) is 36.8 Å². The average molecular weight is 418 g/mol. The summed E-state index contributed by atoms with van der Waals surface area (Å²) in [7, 11) is 0. The SMILES string of the molecule is CCOc1ccc(-c2nc(C(=O)N3CC(CN)CC3C)cs2)cc1.Cl.Cl. The van der Waals surface area contributed by atoms with Gasteiger partial charge in [-0.15, -0.1) is 36.2 Å². The normalized spacial score (nSPS) is 18.8. The molecule has 2 N–H and O–H groups in total. The molecule has 0 saturated carbocycles. The quantitative estimate of drug-likeness (QED) is 0.801. The van der Waals surface area contributed by atoms with E-state index in [0.717, 1.165) is 29.3 Å². The molecule has 144 valence electrons. The lowest BCUT2D eigenvalue weighted by Crippen LogP contribution is -2.34. The van der Waals surface area contributed by atoms with Crippen molar-refractivity contribution in [3.05, 3.63) is 35.3 Å². The number of ether oxygens (including phenoxy) is 1. The van der Waals surface area contributed by atoms with Crippen molar-refractivity contribution in [2.75, 3.05) is 19.7 Å². The van der Waals surface area contributed by atoms with Crippen molar-refractivity contribution >= 4 is 42.1 Å². The van der Waals surface area contributed by atoms with E-state index in [4.69, 9.17) is 10.5 Å². The molecule has 0 radical (unpaired) electrons. The Morgan fingerprint density at radius 1 is 1.35 bits per heavy atom. The predicted octanol–water partition coefficient (Wildman–Crippen LogP) is 3.86. The summed E-state index contributed by atoms with van der Waals surface area (Å²) in [6, 6.07) is 8.02. The molecule has 1 fully saturated rings. The van der Waals surface area contributed by atoms with Gasteiger partial charge in [-0.25, -0.2) is 4.98 Å². The topological polar surface area (TPSA) is 68.5 Å². The second kappa shape index (κ2) is 10.1. The van der Waals surface area contributed by atoms with Crippen LogP contribution in [-0.2, 0) is 0 Å². The Morgan fingerprint density at radius 2 is 2.04 bits per heavy atom. The first-order valence-electron chi connectivity index (χ1n) is 8.32. The van der Waals surface area contributed by atoms with E-state index in [1.54, 1.807) is 0 Å². The van der Waals surface area contributed by atoms with Gasteiger partial charge in [-0.2, -0.15) is 0 Å². The molecule has 5 nitrogen and oxygen atoms in total. The molecule has 1 aliphatic rings. The van der Waals surface area contributed by atoms with E-state index in [1.165, 1.54) is 11.3 Å². The lowest BCUT2D eigenvalue weighted by atomic mass is 10.1. The van der Waals surface area contributed by atoms with Gasteiger partial charge in [0.05, 0.1) is 6.61 Å². The highest BCUT2D eigenvalue weighted by Crippen LogP contribution is 2.28. The van der Waals surface area contributed by atoms with Crippen LogP contribution in [0.2, 0.25) is 0 Å². The number of rotatable bonds is 5. The van der Waals surface area contributed by atoms with Crippen LogP contribution in [0.15, 0.2) is 29.6 Å². The molecule has 1 aromatic heterocycles. The van der Waals surface area contributed by atoms with Crippen LogP contribution >= 0.6 is 36.2 Å². The Hall–Kier alpha value is -1.34. The minimum Gasteiger partial charge on any atom is -0.494 e. The lowest BCUT2D eigenvalue weighted by Gasteiger charge is -2.20. The zero-order valence-corrected chi connectivity index (χ0v) is 17.3. The number of hydrogen-bond acceptors (Lipinski definition) is 5. The number of carbonyl (C=O) groups excluding carboxylic acids is 1. The van der Waals surface area contributed by atoms with Gasteiger partial charge in [0.1, 0.15) is 16.5 Å². The molecule has 2 heterocycles. The van der Waals surface area contributed by atoms with Crippen LogP contribution in [0.1, 0.15) is 30.8 Å². The van der Waals surface area contributed by atoms with E-state index in [1.807, 2.05) is 41.5 Å². The molecule has 2 unspecified atom stereocenters. The van der Waals surface area contributed by atoms with Gasteiger partial charge >= 0.3 is 0 Å². The zero-order chi connectivity index (χ0) is 17.1. The molecule has 0 aliphatic carbocycles. The zero-order valence-electron chi connectivity index (χ0n) is 14.9. The van der Waals surface area contributed by atoms with E-state index >= 15 is 0 Å². The van der Waals surface area contributed by atoms with Gasteiger partial charge < -0.3 is 15.4 Å². The molecular weight excluding hydrogens is 393 g/mol. The molecule has 1 amide bonds. The first-order chi connectivity index (χ1) is 11.6. The average Bonchev–Trinajstić information content (AvgIpc) is 3.22. The molecule has 8 heteroatoms. The molecular formula is C18H25Cl2N3O2S. The van der Waals surface area contributed by atoms with Crippen LogP contribution in [-0.4, -0.2) is 41.5 Å². The molecule has 1 aromatic carbocycles. The molecule has 0 bridgehead atoms. The van der Waals surface area contributed by atoms with Crippen LogP contribution in [0, 0.1) is 5.92 Å². The van der Waals surface area contributed by atoms with Crippen molar-refractivity contribution < 1.29 is 9.53 Å². The summed E-state index contributed by atoms with van der Waals surface area (Å²) < 4.78 is 5.45. The second-order valence-corrected chi connectivity index (χ2v) is 7.00. The second-order valence-electron chi connectivity index (χ2n) is 6.14. The van der Waals surface area contributed by atoms with E-state index in [9.17, 15) is 4.79 Å². The number of halogens is 2. The van der Waals surface area contributed by atoms with Crippen molar-refractivity contribution in [2.24, 2.45) is 11.7 Å². The fourth-order valence-corrected chi connectivity index (χ4v) is 3.91. The summed E-state index contributed by atoms with van der Waals surface area (Å²) in [5, 5.41) is 2.69. The van der Waals surface area contributed by atoms with Gasteiger partial charge in [-0.05, 0) is 57.0 Å². The summed E-state index contributed by atoms with van der Waals surface area (Å²) in [4.78, 5) is 19.2. The van der Waals surface area contributed by atoms with Gasteiger partial charge in [-0.3, -0.25) is 4.79 Å².